The van der Waals surface area contributed by atoms with Gasteiger partial charge in [-0.1, -0.05) is 24.3 Å². The van der Waals surface area contributed by atoms with Crippen molar-refractivity contribution in [3.63, 3.8) is 0 Å². The Morgan fingerprint density at radius 3 is 2.50 bits per heavy atom. The first-order valence-electron chi connectivity index (χ1n) is 8.27. The number of nitrogen functional groups attached to an aromatic ring is 1. The first-order chi connectivity index (χ1) is 11.7. The van der Waals surface area contributed by atoms with Gasteiger partial charge in [-0.15, -0.1) is 0 Å². The SMILES string of the molecule is Nc1ccccc1C(=O)Nc1ccc(CCN2CCOCC2)cc1. The van der Waals surface area contributed by atoms with Crippen molar-refractivity contribution in [2.75, 3.05) is 43.9 Å². The summed E-state index contributed by atoms with van der Waals surface area (Å²) >= 11 is 0. The predicted octanol–water partition coefficient (Wildman–Crippen LogP) is 2.40. The van der Waals surface area contributed by atoms with Crippen LogP contribution < -0.4 is 11.1 Å². The van der Waals surface area contributed by atoms with E-state index >= 15 is 0 Å². The summed E-state index contributed by atoms with van der Waals surface area (Å²) in [4.78, 5) is 14.7. The second-order valence-electron chi connectivity index (χ2n) is 5.94. The smallest absolute Gasteiger partial charge is 0.257 e. The van der Waals surface area contributed by atoms with Crippen LogP contribution in [0.2, 0.25) is 0 Å². The van der Waals surface area contributed by atoms with Crippen LogP contribution in [-0.2, 0) is 11.2 Å². The maximum atomic E-state index is 12.2. The van der Waals surface area contributed by atoms with Gasteiger partial charge in [-0.25, -0.2) is 0 Å². The van der Waals surface area contributed by atoms with Gasteiger partial charge in [0.1, 0.15) is 0 Å². The minimum absolute atomic E-state index is 0.186. The molecule has 1 heterocycles. The molecule has 0 aromatic heterocycles. The molecule has 126 valence electrons. The standard InChI is InChI=1S/C19H23N3O2/c20-18-4-2-1-3-17(18)19(23)21-16-7-5-15(6-8-16)9-10-22-11-13-24-14-12-22/h1-8H,9-14,20H2,(H,21,23). The molecule has 1 saturated heterocycles. The largest absolute Gasteiger partial charge is 0.398 e. The van der Waals surface area contributed by atoms with Crippen LogP contribution in [-0.4, -0.2) is 43.7 Å². The first kappa shape index (κ1) is 16.5. The third-order valence-corrected chi connectivity index (χ3v) is 4.24. The fourth-order valence-electron chi connectivity index (χ4n) is 2.77. The maximum Gasteiger partial charge on any atom is 0.257 e. The summed E-state index contributed by atoms with van der Waals surface area (Å²) < 4.78 is 5.36. The number of nitrogens with two attached hydrogens (primary N) is 1. The van der Waals surface area contributed by atoms with Crippen LogP contribution >= 0.6 is 0 Å². The molecule has 1 amide bonds. The number of carbonyl (C=O) groups excluding carboxylic acids is 1. The Hall–Kier alpha value is -2.37. The summed E-state index contributed by atoms with van der Waals surface area (Å²) in [5.41, 5.74) is 8.85. The Kier molecular flexibility index (Phi) is 5.46. The first-order valence-corrected chi connectivity index (χ1v) is 8.27. The van der Waals surface area contributed by atoms with Gasteiger partial charge in [-0.2, -0.15) is 0 Å². The van der Waals surface area contributed by atoms with E-state index in [9.17, 15) is 4.79 Å². The number of benzene rings is 2. The van der Waals surface area contributed by atoms with Gasteiger partial charge in [0.2, 0.25) is 0 Å². The Morgan fingerprint density at radius 2 is 1.79 bits per heavy atom. The van der Waals surface area contributed by atoms with E-state index in [1.165, 1.54) is 5.56 Å². The van der Waals surface area contributed by atoms with Gasteiger partial charge in [-0.05, 0) is 36.2 Å². The zero-order valence-corrected chi connectivity index (χ0v) is 13.7. The highest BCUT2D eigenvalue weighted by Crippen LogP contribution is 2.15. The minimum Gasteiger partial charge on any atom is -0.398 e. The van der Waals surface area contributed by atoms with Gasteiger partial charge in [0, 0.05) is 31.0 Å². The molecule has 1 aliphatic heterocycles. The van der Waals surface area contributed by atoms with E-state index in [1.54, 1.807) is 18.2 Å². The number of anilines is 2. The zero-order chi connectivity index (χ0) is 16.8. The van der Waals surface area contributed by atoms with E-state index in [0.29, 0.717) is 11.3 Å². The molecule has 3 rings (SSSR count). The van der Waals surface area contributed by atoms with Crippen molar-refractivity contribution in [2.24, 2.45) is 0 Å². The lowest BCUT2D eigenvalue weighted by atomic mass is 10.1. The van der Waals surface area contributed by atoms with Crippen LogP contribution in [0.4, 0.5) is 11.4 Å². The number of hydrogen-bond donors (Lipinski definition) is 2. The number of nitrogens with one attached hydrogen (secondary N) is 1. The number of ether oxygens (including phenoxy) is 1. The summed E-state index contributed by atoms with van der Waals surface area (Å²) in [6.07, 6.45) is 1.000. The third-order valence-electron chi connectivity index (χ3n) is 4.24. The molecule has 0 spiro atoms. The number of para-hydroxylation sites is 1. The maximum absolute atomic E-state index is 12.2. The fourth-order valence-corrected chi connectivity index (χ4v) is 2.77. The van der Waals surface area contributed by atoms with Gasteiger partial charge >= 0.3 is 0 Å². The predicted molar refractivity (Wildman–Crippen MR) is 96.2 cm³/mol. The summed E-state index contributed by atoms with van der Waals surface area (Å²) in [7, 11) is 0. The topological polar surface area (TPSA) is 67.6 Å². The summed E-state index contributed by atoms with van der Waals surface area (Å²) in [6, 6.07) is 15.1. The highest BCUT2D eigenvalue weighted by molar-refractivity contribution is 6.07. The molecule has 1 fully saturated rings. The number of morpholine rings is 1. The van der Waals surface area contributed by atoms with Crippen LogP contribution in [0.5, 0.6) is 0 Å². The molecule has 1 aliphatic rings. The van der Waals surface area contributed by atoms with Crippen molar-refractivity contribution < 1.29 is 9.53 Å². The van der Waals surface area contributed by atoms with Gasteiger partial charge in [0.15, 0.2) is 0 Å². The molecule has 0 aliphatic carbocycles. The average molecular weight is 325 g/mol. The van der Waals surface area contributed by atoms with E-state index in [1.807, 2.05) is 18.2 Å². The molecular formula is C19H23N3O2. The van der Waals surface area contributed by atoms with Gasteiger partial charge < -0.3 is 15.8 Å². The monoisotopic (exact) mass is 325 g/mol. The van der Waals surface area contributed by atoms with Crippen molar-refractivity contribution in [3.8, 4) is 0 Å². The van der Waals surface area contributed by atoms with Crippen LogP contribution in [0.1, 0.15) is 15.9 Å². The minimum atomic E-state index is -0.186. The Morgan fingerprint density at radius 1 is 1.08 bits per heavy atom. The molecule has 2 aromatic rings. The van der Waals surface area contributed by atoms with Gasteiger partial charge in [0.25, 0.3) is 5.91 Å². The van der Waals surface area contributed by atoms with E-state index < -0.39 is 0 Å². The molecule has 3 N–H and O–H groups in total. The van der Waals surface area contributed by atoms with E-state index in [-0.39, 0.29) is 5.91 Å². The molecule has 5 nitrogen and oxygen atoms in total. The summed E-state index contributed by atoms with van der Waals surface area (Å²) in [5.74, 6) is -0.186. The number of hydrogen-bond acceptors (Lipinski definition) is 4. The lowest BCUT2D eigenvalue weighted by Gasteiger charge is -2.26. The number of rotatable bonds is 5. The molecule has 24 heavy (non-hydrogen) atoms. The normalized spacial score (nSPS) is 15.2. The van der Waals surface area contributed by atoms with Crippen molar-refractivity contribution in [2.45, 2.75) is 6.42 Å². The van der Waals surface area contributed by atoms with Crippen molar-refractivity contribution in [3.05, 3.63) is 59.7 Å². The number of amides is 1. The van der Waals surface area contributed by atoms with Crippen LogP contribution in [0.25, 0.3) is 0 Å². The average Bonchev–Trinajstić information content (AvgIpc) is 2.62. The van der Waals surface area contributed by atoms with Crippen molar-refractivity contribution in [1.82, 2.24) is 4.90 Å². The van der Waals surface area contributed by atoms with Crippen LogP contribution in [0.3, 0.4) is 0 Å². The Bertz CT molecular complexity index is 679. The van der Waals surface area contributed by atoms with Crippen molar-refractivity contribution in [1.29, 1.82) is 0 Å². The second kappa shape index (κ2) is 7.95. The summed E-state index contributed by atoms with van der Waals surface area (Å²) in [5, 5.41) is 2.89. The van der Waals surface area contributed by atoms with Gasteiger partial charge in [-0.3, -0.25) is 9.69 Å². The number of carbonyl (C=O) groups is 1. The van der Waals surface area contributed by atoms with Crippen LogP contribution in [0.15, 0.2) is 48.5 Å². The third kappa shape index (κ3) is 4.34. The zero-order valence-electron chi connectivity index (χ0n) is 13.7. The van der Waals surface area contributed by atoms with E-state index in [4.69, 9.17) is 10.5 Å². The molecular weight excluding hydrogens is 302 g/mol. The molecule has 0 saturated carbocycles. The second-order valence-corrected chi connectivity index (χ2v) is 5.94. The molecule has 0 bridgehead atoms. The lowest BCUT2D eigenvalue weighted by molar-refractivity contribution is 0.0384. The number of nitrogens with zero attached hydrogens (tertiary/aromatic N) is 1. The van der Waals surface area contributed by atoms with Crippen molar-refractivity contribution >= 4 is 17.3 Å². The van der Waals surface area contributed by atoms with E-state index in [0.717, 1.165) is 45.0 Å². The highest BCUT2D eigenvalue weighted by atomic mass is 16.5. The van der Waals surface area contributed by atoms with E-state index in [2.05, 4.69) is 22.3 Å². The molecule has 0 radical (unpaired) electrons. The highest BCUT2D eigenvalue weighted by Gasteiger charge is 2.11. The quantitative estimate of drug-likeness (QED) is 0.829. The molecule has 5 heteroatoms. The molecule has 2 aromatic carbocycles. The van der Waals surface area contributed by atoms with Crippen LogP contribution in [0, 0.1) is 0 Å². The Balaban J connectivity index is 1.54. The Labute approximate surface area is 142 Å². The molecule has 0 unspecified atom stereocenters. The van der Waals surface area contributed by atoms with Gasteiger partial charge in [0.05, 0.1) is 18.8 Å². The molecule has 0 atom stereocenters. The fraction of sp³-hybridized carbons (Fsp3) is 0.316. The summed E-state index contributed by atoms with van der Waals surface area (Å²) in [6.45, 7) is 4.70. The lowest BCUT2D eigenvalue weighted by Crippen LogP contribution is -2.37.